The zero-order valence-electron chi connectivity index (χ0n) is 13.5. The van der Waals surface area contributed by atoms with Gasteiger partial charge in [-0.3, -0.25) is 4.98 Å². The monoisotopic (exact) mass is 313 g/mol. The molecule has 1 aliphatic heterocycles. The topological polar surface area (TPSA) is 65.4 Å². The summed E-state index contributed by atoms with van der Waals surface area (Å²) in [7, 11) is 2.03. The Bertz CT molecular complexity index is 621. The standard InChI is InChI=1S/C17H23N5O/c1-21(10-7-14-5-2-3-8-18-14)16-11-17(20-13-19-16)22-9-4-6-15(22)12-23/h2-3,5,8,11,13,15,23H,4,6-7,9-10,12H2,1H3. The Morgan fingerprint density at radius 1 is 1.30 bits per heavy atom. The van der Waals surface area contributed by atoms with Crippen LogP contribution >= 0.6 is 0 Å². The van der Waals surface area contributed by atoms with E-state index in [4.69, 9.17) is 0 Å². The minimum atomic E-state index is 0.175. The van der Waals surface area contributed by atoms with E-state index in [1.54, 1.807) is 6.33 Å². The minimum absolute atomic E-state index is 0.175. The van der Waals surface area contributed by atoms with Crippen molar-refractivity contribution in [1.29, 1.82) is 0 Å². The quantitative estimate of drug-likeness (QED) is 0.872. The molecule has 0 saturated carbocycles. The van der Waals surface area contributed by atoms with E-state index >= 15 is 0 Å². The number of nitrogens with zero attached hydrogens (tertiary/aromatic N) is 5. The molecule has 2 aromatic heterocycles. The molecule has 23 heavy (non-hydrogen) atoms. The van der Waals surface area contributed by atoms with E-state index in [-0.39, 0.29) is 12.6 Å². The maximum absolute atomic E-state index is 9.48. The Hall–Kier alpha value is -2.21. The van der Waals surface area contributed by atoms with Gasteiger partial charge in [-0.2, -0.15) is 0 Å². The van der Waals surface area contributed by atoms with Crippen LogP contribution in [0.15, 0.2) is 36.8 Å². The molecule has 1 aliphatic rings. The average Bonchev–Trinajstić information content (AvgIpc) is 3.09. The van der Waals surface area contributed by atoms with Gasteiger partial charge in [0.05, 0.1) is 12.6 Å². The number of hydrogen-bond donors (Lipinski definition) is 1. The largest absolute Gasteiger partial charge is 0.394 e. The first kappa shape index (κ1) is 15.7. The van der Waals surface area contributed by atoms with Crippen LogP contribution in [0.25, 0.3) is 0 Å². The zero-order valence-corrected chi connectivity index (χ0v) is 13.5. The number of anilines is 2. The molecule has 6 heteroatoms. The minimum Gasteiger partial charge on any atom is -0.394 e. The van der Waals surface area contributed by atoms with E-state index in [1.807, 2.05) is 37.5 Å². The van der Waals surface area contributed by atoms with Crippen LogP contribution < -0.4 is 9.80 Å². The molecule has 1 fully saturated rings. The molecule has 3 heterocycles. The lowest BCUT2D eigenvalue weighted by molar-refractivity contribution is 0.266. The molecule has 0 spiro atoms. The molecule has 1 unspecified atom stereocenters. The summed E-state index contributed by atoms with van der Waals surface area (Å²) in [5.74, 6) is 1.80. The van der Waals surface area contributed by atoms with Crippen molar-refractivity contribution < 1.29 is 5.11 Å². The van der Waals surface area contributed by atoms with Crippen molar-refractivity contribution >= 4 is 11.6 Å². The summed E-state index contributed by atoms with van der Waals surface area (Å²) in [6.07, 6.45) is 6.42. The molecule has 1 atom stereocenters. The fraction of sp³-hybridized carbons (Fsp3) is 0.471. The lowest BCUT2D eigenvalue weighted by Gasteiger charge is -2.25. The van der Waals surface area contributed by atoms with Crippen LogP contribution in [0.3, 0.4) is 0 Å². The second-order valence-corrected chi connectivity index (χ2v) is 5.90. The zero-order chi connectivity index (χ0) is 16.1. The molecule has 3 rings (SSSR count). The maximum Gasteiger partial charge on any atom is 0.134 e. The molecule has 2 aromatic rings. The van der Waals surface area contributed by atoms with Crippen LogP contribution in [0.4, 0.5) is 11.6 Å². The Balaban J connectivity index is 1.66. The lowest BCUT2D eigenvalue weighted by atomic mass is 10.2. The molecule has 0 amide bonds. The van der Waals surface area contributed by atoms with Crippen molar-refractivity contribution in [3.05, 3.63) is 42.5 Å². The van der Waals surface area contributed by atoms with E-state index < -0.39 is 0 Å². The van der Waals surface area contributed by atoms with Crippen LogP contribution in [0.1, 0.15) is 18.5 Å². The number of likely N-dealkylation sites (N-methyl/N-ethyl adjacent to an activating group) is 1. The van der Waals surface area contributed by atoms with E-state index in [0.717, 1.165) is 49.7 Å². The van der Waals surface area contributed by atoms with Gasteiger partial charge in [-0.05, 0) is 25.0 Å². The SMILES string of the molecule is CN(CCc1ccccn1)c1cc(N2CCCC2CO)ncn1. The van der Waals surface area contributed by atoms with E-state index in [0.29, 0.717) is 0 Å². The second kappa shape index (κ2) is 7.37. The fourth-order valence-corrected chi connectivity index (χ4v) is 2.97. The predicted molar refractivity (Wildman–Crippen MR) is 90.7 cm³/mol. The maximum atomic E-state index is 9.48. The van der Waals surface area contributed by atoms with Crippen molar-refractivity contribution in [1.82, 2.24) is 15.0 Å². The van der Waals surface area contributed by atoms with Gasteiger partial charge in [0.2, 0.25) is 0 Å². The normalized spacial score (nSPS) is 17.5. The van der Waals surface area contributed by atoms with Gasteiger partial charge < -0.3 is 14.9 Å². The van der Waals surface area contributed by atoms with Crippen LogP contribution in [0, 0.1) is 0 Å². The highest BCUT2D eigenvalue weighted by molar-refractivity contribution is 5.51. The molecule has 1 saturated heterocycles. The molecule has 1 N–H and O–H groups in total. The number of hydrogen-bond acceptors (Lipinski definition) is 6. The molecule has 0 aromatic carbocycles. The van der Waals surface area contributed by atoms with Gasteiger partial charge in [0.25, 0.3) is 0 Å². The average molecular weight is 313 g/mol. The van der Waals surface area contributed by atoms with Gasteiger partial charge in [0, 0.05) is 44.5 Å². The van der Waals surface area contributed by atoms with Crippen molar-refractivity contribution in [2.45, 2.75) is 25.3 Å². The van der Waals surface area contributed by atoms with Crippen molar-refractivity contribution in [3.63, 3.8) is 0 Å². The lowest BCUT2D eigenvalue weighted by Crippen LogP contribution is -2.33. The third-order valence-corrected chi connectivity index (χ3v) is 4.34. The molecule has 0 bridgehead atoms. The first-order valence-corrected chi connectivity index (χ1v) is 8.08. The smallest absolute Gasteiger partial charge is 0.134 e. The number of aliphatic hydroxyl groups excluding tert-OH is 1. The van der Waals surface area contributed by atoms with Crippen LogP contribution in [0.2, 0.25) is 0 Å². The summed E-state index contributed by atoms with van der Waals surface area (Å²) >= 11 is 0. The van der Waals surface area contributed by atoms with Gasteiger partial charge in [0.1, 0.15) is 18.0 Å². The van der Waals surface area contributed by atoms with Gasteiger partial charge in [0.15, 0.2) is 0 Å². The highest BCUT2D eigenvalue weighted by Gasteiger charge is 2.25. The van der Waals surface area contributed by atoms with Crippen LogP contribution in [-0.2, 0) is 6.42 Å². The van der Waals surface area contributed by atoms with Gasteiger partial charge in [-0.25, -0.2) is 9.97 Å². The molecule has 0 aliphatic carbocycles. The van der Waals surface area contributed by atoms with Gasteiger partial charge in [-0.1, -0.05) is 6.07 Å². The second-order valence-electron chi connectivity index (χ2n) is 5.90. The molecule has 0 radical (unpaired) electrons. The Kier molecular flexibility index (Phi) is 5.02. The summed E-state index contributed by atoms with van der Waals surface area (Å²) in [5, 5.41) is 9.48. The van der Waals surface area contributed by atoms with E-state index in [2.05, 4.69) is 24.8 Å². The third kappa shape index (κ3) is 3.76. The van der Waals surface area contributed by atoms with Crippen LogP contribution in [-0.4, -0.2) is 52.8 Å². The van der Waals surface area contributed by atoms with Crippen LogP contribution in [0.5, 0.6) is 0 Å². The summed E-state index contributed by atoms with van der Waals surface area (Å²) in [4.78, 5) is 17.4. The van der Waals surface area contributed by atoms with E-state index in [1.165, 1.54) is 0 Å². The number of rotatable bonds is 6. The first-order valence-electron chi connectivity index (χ1n) is 8.08. The molecule has 6 nitrogen and oxygen atoms in total. The third-order valence-electron chi connectivity index (χ3n) is 4.34. The molecule has 122 valence electrons. The summed E-state index contributed by atoms with van der Waals surface area (Å²) in [6.45, 7) is 1.96. The summed E-state index contributed by atoms with van der Waals surface area (Å²) < 4.78 is 0. The van der Waals surface area contributed by atoms with Crippen molar-refractivity contribution in [2.24, 2.45) is 0 Å². The number of pyridine rings is 1. The Morgan fingerprint density at radius 2 is 2.22 bits per heavy atom. The summed E-state index contributed by atoms with van der Waals surface area (Å²) in [6, 6.07) is 8.16. The van der Waals surface area contributed by atoms with Crippen molar-refractivity contribution in [2.75, 3.05) is 36.5 Å². The predicted octanol–water partition coefficient (Wildman–Crippen LogP) is 1.51. The van der Waals surface area contributed by atoms with Crippen molar-refractivity contribution in [3.8, 4) is 0 Å². The number of aromatic nitrogens is 3. The summed E-state index contributed by atoms with van der Waals surface area (Å²) in [5.41, 5.74) is 1.08. The van der Waals surface area contributed by atoms with E-state index in [9.17, 15) is 5.11 Å². The van der Waals surface area contributed by atoms with Gasteiger partial charge >= 0.3 is 0 Å². The Morgan fingerprint density at radius 3 is 3.00 bits per heavy atom. The number of aliphatic hydroxyl groups is 1. The fourth-order valence-electron chi connectivity index (χ4n) is 2.97. The highest BCUT2D eigenvalue weighted by atomic mass is 16.3. The highest BCUT2D eigenvalue weighted by Crippen LogP contribution is 2.25. The Labute approximate surface area is 136 Å². The first-order chi connectivity index (χ1) is 11.3. The molecular weight excluding hydrogens is 290 g/mol. The van der Waals surface area contributed by atoms with Gasteiger partial charge in [-0.15, -0.1) is 0 Å². The molecular formula is C17H23N5O.